The highest BCUT2D eigenvalue weighted by molar-refractivity contribution is 14.1. The summed E-state index contributed by atoms with van der Waals surface area (Å²) in [4.78, 5) is 12.4. The molecule has 0 fully saturated rings. The van der Waals surface area contributed by atoms with Gasteiger partial charge in [0.1, 0.15) is 28.0 Å². The third-order valence-electron chi connectivity index (χ3n) is 4.19. The zero-order valence-corrected chi connectivity index (χ0v) is 19.8. The Kier molecular flexibility index (Phi) is 7.50. The second kappa shape index (κ2) is 10.3. The second-order valence-corrected chi connectivity index (χ2v) is 9.21. The number of halogens is 1. The molecule has 0 heterocycles. The molecule has 162 valence electrons. The van der Waals surface area contributed by atoms with Crippen molar-refractivity contribution >= 4 is 50.4 Å². The predicted octanol–water partition coefficient (Wildman–Crippen LogP) is 4.61. The van der Waals surface area contributed by atoms with E-state index < -0.39 is 16.0 Å². The van der Waals surface area contributed by atoms with Crippen LogP contribution >= 0.6 is 22.6 Å². The third kappa shape index (κ3) is 6.09. The largest absolute Gasteiger partial charge is 0.497 e. The van der Waals surface area contributed by atoms with E-state index in [0.29, 0.717) is 17.0 Å². The normalized spacial score (nSPS) is 11.3. The summed E-state index contributed by atoms with van der Waals surface area (Å²) in [6, 6.07) is 20.9. The molecule has 1 N–H and O–H groups in total. The fraction of sp³-hybridized carbons (Fsp3) is 0.0435. The Hall–Kier alpha value is -3.36. The van der Waals surface area contributed by atoms with Crippen LogP contribution in [0.25, 0.3) is 6.08 Å². The summed E-state index contributed by atoms with van der Waals surface area (Å²) in [7, 11) is -2.59. The lowest BCUT2D eigenvalue weighted by atomic mass is 10.1. The van der Waals surface area contributed by atoms with Crippen molar-refractivity contribution in [3.63, 3.8) is 0 Å². The maximum Gasteiger partial charge on any atom is 0.339 e. The van der Waals surface area contributed by atoms with Gasteiger partial charge in [0.25, 0.3) is 5.91 Å². The molecular formula is C23H17IN2O5S. The van der Waals surface area contributed by atoms with Crippen LogP contribution in [0, 0.1) is 14.9 Å². The van der Waals surface area contributed by atoms with Gasteiger partial charge in [-0.15, -0.1) is 0 Å². The van der Waals surface area contributed by atoms with Crippen molar-refractivity contribution in [3.8, 4) is 17.6 Å². The summed E-state index contributed by atoms with van der Waals surface area (Å²) in [6.45, 7) is 0. The highest BCUT2D eigenvalue weighted by Crippen LogP contribution is 2.23. The Bertz CT molecular complexity index is 1300. The van der Waals surface area contributed by atoms with Gasteiger partial charge in [-0.1, -0.05) is 12.1 Å². The van der Waals surface area contributed by atoms with Crippen LogP contribution in [0.15, 0.2) is 83.3 Å². The van der Waals surface area contributed by atoms with Crippen LogP contribution in [0.2, 0.25) is 0 Å². The quantitative estimate of drug-likeness (QED) is 0.196. The molecule has 1 amide bonds. The molecular weight excluding hydrogens is 543 g/mol. The number of carbonyl (C=O) groups is 1. The Morgan fingerprint density at radius 2 is 1.72 bits per heavy atom. The van der Waals surface area contributed by atoms with Crippen LogP contribution in [0.3, 0.4) is 0 Å². The van der Waals surface area contributed by atoms with Crippen molar-refractivity contribution in [2.75, 3.05) is 12.4 Å². The van der Waals surface area contributed by atoms with Crippen LogP contribution in [-0.4, -0.2) is 21.4 Å². The fourth-order valence-corrected chi connectivity index (χ4v) is 3.90. The number of methoxy groups -OCH3 is 1. The molecule has 0 unspecified atom stereocenters. The van der Waals surface area contributed by atoms with E-state index in [1.807, 2.05) is 18.2 Å². The van der Waals surface area contributed by atoms with Gasteiger partial charge in [0.05, 0.1) is 7.11 Å². The van der Waals surface area contributed by atoms with Crippen molar-refractivity contribution in [2.45, 2.75) is 4.90 Å². The number of hydrogen-bond donors (Lipinski definition) is 1. The average Bonchev–Trinajstić information content (AvgIpc) is 2.79. The van der Waals surface area contributed by atoms with Crippen molar-refractivity contribution in [3.05, 3.63) is 87.5 Å². The molecule has 0 bridgehead atoms. The molecule has 0 spiro atoms. The molecule has 3 rings (SSSR count). The third-order valence-corrected chi connectivity index (χ3v) is 6.17. The zero-order valence-electron chi connectivity index (χ0n) is 16.8. The monoisotopic (exact) mass is 560 g/mol. The van der Waals surface area contributed by atoms with Crippen molar-refractivity contribution in [1.82, 2.24) is 0 Å². The SMILES string of the molecule is COc1ccc(S(=O)(=O)Oc2cccc(/C=C(\C#N)C(=O)Nc3ccc(I)cc3)c2)cc1. The van der Waals surface area contributed by atoms with Gasteiger partial charge in [0.15, 0.2) is 0 Å². The fourth-order valence-electron chi connectivity index (χ4n) is 2.62. The summed E-state index contributed by atoms with van der Waals surface area (Å²) < 4.78 is 36.3. The topological polar surface area (TPSA) is 105 Å². The van der Waals surface area contributed by atoms with Gasteiger partial charge in [-0.25, -0.2) is 0 Å². The molecule has 3 aromatic rings. The Morgan fingerprint density at radius 1 is 1.03 bits per heavy atom. The van der Waals surface area contributed by atoms with E-state index in [1.165, 1.54) is 49.6 Å². The molecule has 7 nitrogen and oxygen atoms in total. The van der Waals surface area contributed by atoms with Gasteiger partial charge >= 0.3 is 10.1 Å². The zero-order chi connectivity index (χ0) is 23.1. The van der Waals surface area contributed by atoms with Crippen molar-refractivity contribution < 1.29 is 22.1 Å². The first-order valence-electron chi connectivity index (χ1n) is 9.18. The Balaban J connectivity index is 1.79. The molecule has 0 aliphatic rings. The summed E-state index contributed by atoms with van der Waals surface area (Å²) in [5, 5.41) is 12.1. The summed E-state index contributed by atoms with van der Waals surface area (Å²) in [5.41, 5.74) is 0.847. The lowest BCUT2D eigenvalue weighted by Gasteiger charge is -2.08. The van der Waals surface area contributed by atoms with E-state index >= 15 is 0 Å². The molecule has 0 aliphatic carbocycles. The number of hydrogen-bond acceptors (Lipinski definition) is 6. The summed E-state index contributed by atoms with van der Waals surface area (Å²) in [6.07, 6.45) is 1.36. The molecule has 3 aromatic carbocycles. The molecule has 0 saturated carbocycles. The molecule has 0 radical (unpaired) electrons. The van der Waals surface area contributed by atoms with Crippen molar-refractivity contribution in [2.24, 2.45) is 0 Å². The van der Waals surface area contributed by atoms with Crippen LogP contribution in [0.5, 0.6) is 11.5 Å². The predicted molar refractivity (Wildman–Crippen MR) is 129 cm³/mol. The van der Waals surface area contributed by atoms with Gasteiger partial charge < -0.3 is 14.2 Å². The summed E-state index contributed by atoms with van der Waals surface area (Å²) in [5.74, 6) is -0.0144. The van der Waals surface area contributed by atoms with Crippen LogP contribution in [-0.2, 0) is 14.9 Å². The number of ether oxygens (including phenoxy) is 1. The number of carbonyl (C=O) groups excluding carboxylic acids is 1. The molecule has 32 heavy (non-hydrogen) atoms. The van der Waals surface area contributed by atoms with Crippen LogP contribution in [0.1, 0.15) is 5.56 Å². The van der Waals surface area contributed by atoms with Crippen LogP contribution < -0.4 is 14.2 Å². The Labute approximate surface area is 199 Å². The lowest BCUT2D eigenvalue weighted by molar-refractivity contribution is -0.112. The number of nitriles is 1. The minimum absolute atomic E-state index is 0.0335. The number of rotatable bonds is 7. The van der Waals surface area contributed by atoms with E-state index in [-0.39, 0.29) is 16.2 Å². The number of nitrogens with one attached hydrogen (secondary N) is 1. The maximum atomic E-state index is 12.5. The van der Waals surface area contributed by atoms with Gasteiger partial charge in [0.2, 0.25) is 0 Å². The number of amides is 1. The van der Waals surface area contributed by atoms with Crippen LogP contribution in [0.4, 0.5) is 5.69 Å². The van der Waals surface area contributed by atoms with E-state index in [1.54, 1.807) is 24.3 Å². The van der Waals surface area contributed by atoms with E-state index in [2.05, 4.69) is 27.9 Å². The number of anilines is 1. The lowest BCUT2D eigenvalue weighted by Crippen LogP contribution is -2.13. The highest BCUT2D eigenvalue weighted by Gasteiger charge is 2.17. The van der Waals surface area contributed by atoms with E-state index in [9.17, 15) is 18.5 Å². The molecule has 0 aromatic heterocycles. The number of benzene rings is 3. The molecule has 0 atom stereocenters. The van der Waals surface area contributed by atoms with E-state index in [0.717, 1.165) is 3.57 Å². The average molecular weight is 560 g/mol. The summed E-state index contributed by atoms with van der Waals surface area (Å²) >= 11 is 2.15. The maximum absolute atomic E-state index is 12.5. The second-order valence-electron chi connectivity index (χ2n) is 6.42. The van der Waals surface area contributed by atoms with Gasteiger partial charge in [-0.3, -0.25) is 4.79 Å². The number of nitrogens with zero attached hydrogens (tertiary/aromatic N) is 1. The van der Waals surface area contributed by atoms with Gasteiger partial charge in [-0.2, -0.15) is 13.7 Å². The highest BCUT2D eigenvalue weighted by atomic mass is 127. The molecule has 9 heteroatoms. The van der Waals surface area contributed by atoms with Crippen molar-refractivity contribution in [1.29, 1.82) is 5.26 Å². The molecule has 0 aliphatic heterocycles. The smallest absolute Gasteiger partial charge is 0.339 e. The first kappa shape index (κ1) is 23.3. The van der Waals surface area contributed by atoms with Gasteiger partial charge in [-0.05, 0) is 94.9 Å². The Morgan fingerprint density at radius 3 is 2.34 bits per heavy atom. The minimum atomic E-state index is -4.07. The molecule has 0 saturated heterocycles. The first-order valence-corrected chi connectivity index (χ1v) is 11.7. The standard InChI is InChI=1S/C23H17IN2O5S/c1-30-20-9-11-22(12-10-20)32(28,29)31-21-4-2-3-16(14-21)13-17(15-25)23(27)26-19-7-5-18(24)6-8-19/h2-14H,1H3,(H,26,27)/b17-13+. The first-order chi connectivity index (χ1) is 15.3. The minimum Gasteiger partial charge on any atom is -0.497 e. The van der Waals surface area contributed by atoms with Gasteiger partial charge in [0, 0.05) is 9.26 Å². The van der Waals surface area contributed by atoms with E-state index in [4.69, 9.17) is 8.92 Å².